The first-order valence-corrected chi connectivity index (χ1v) is 8.35. The molecular weight excluding hydrogens is 260 g/mol. The van der Waals surface area contributed by atoms with Gasteiger partial charge in [-0.25, -0.2) is 0 Å². The molecule has 0 amide bonds. The number of nitrogens with zero attached hydrogens (tertiary/aromatic N) is 2. The highest BCUT2D eigenvalue weighted by atomic mass is 16.5. The van der Waals surface area contributed by atoms with E-state index in [1.54, 1.807) is 0 Å². The highest BCUT2D eigenvalue weighted by Crippen LogP contribution is 2.25. The molecule has 2 aliphatic rings. The second-order valence-corrected chi connectivity index (χ2v) is 6.81. The van der Waals surface area contributed by atoms with Crippen molar-refractivity contribution in [3.63, 3.8) is 0 Å². The van der Waals surface area contributed by atoms with Crippen LogP contribution in [0, 0.1) is 0 Å². The van der Waals surface area contributed by atoms with Crippen LogP contribution in [0.2, 0.25) is 0 Å². The molecule has 0 spiro atoms. The summed E-state index contributed by atoms with van der Waals surface area (Å²) in [6.07, 6.45) is 6.83. The van der Waals surface area contributed by atoms with E-state index >= 15 is 0 Å². The minimum Gasteiger partial charge on any atom is -0.490 e. The molecule has 1 aliphatic carbocycles. The number of rotatable bonds is 5. The molecule has 0 N–H and O–H groups in total. The minimum absolute atomic E-state index is 0.449. The van der Waals surface area contributed by atoms with Crippen molar-refractivity contribution in [1.29, 1.82) is 0 Å². The van der Waals surface area contributed by atoms with Crippen LogP contribution in [0.15, 0.2) is 24.3 Å². The number of likely N-dealkylation sites (tertiary alicyclic amines) is 1. The highest BCUT2D eigenvalue weighted by Gasteiger charge is 2.24. The van der Waals surface area contributed by atoms with Crippen molar-refractivity contribution in [2.75, 3.05) is 27.2 Å². The lowest BCUT2D eigenvalue weighted by Crippen LogP contribution is -2.31. The topological polar surface area (TPSA) is 15.7 Å². The number of hydrogen-bond donors (Lipinski definition) is 0. The predicted octanol–water partition coefficient (Wildman–Crippen LogP) is 3.14. The van der Waals surface area contributed by atoms with Gasteiger partial charge in [-0.3, -0.25) is 4.90 Å². The normalized spacial score (nSPS) is 24.0. The zero-order valence-corrected chi connectivity index (χ0v) is 13.4. The van der Waals surface area contributed by atoms with E-state index in [2.05, 4.69) is 48.2 Å². The lowest BCUT2D eigenvalue weighted by atomic mass is 10.2. The van der Waals surface area contributed by atoms with E-state index < -0.39 is 0 Å². The summed E-state index contributed by atoms with van der Waals surface area (Å²) in [5.41, 5.74) is 1.38. The summed E-state index contributed by atoms with van der Waals surface area (Å²) in [5.74, 6) is 1.06. The average molecular weight is 288 g/mol. The van der Waals surface area contributed by atoms with E-state index in [1.165, 1.54) is 50.8 Å². The summed E-state index contributed by atoms with van der Waals surface area (Å²) >= 11 is 0. The lowest BCUT2D eigenvalue weighted by molar-refractivity contribution is 0.209. The summed E-state index contributed by atoms with van der Waals surface area (Å²) in [7, 11) is 4.37. The van der Waals surface area contributed by atoms with Gasteiger partial charge in [-0.1, -0.05) is 12.1 Å². The van der Waals surface area contributed by atoms with E-state index in [4.69, 9.17) is 4.74 Å². The maximum atomic E-state index is 6.11. The second-order valence-electron chi connectivity index (χ2n) is 6.81. The van der Waals surface area contributed by atoms with E-state index in [-0.39, 0.29) is 0 Å². The van der Waals surface area contributed by atoms with Crippen molar-refractivity contribution >= 4 is 0 Å². The molecule has 1 saturated heterocycles. The Morgan fingerprint density at radius 3 is 2.71 bits per heavy atom. The van der Waals surface area contributed by atoms with Crippen molar-refractivity contribution in [3.8, 4) is 5.75 Å². The van der Waals surface area contributed by atoms with Gasteiger partial charge in [0.05, 0.1) is 6.10 Å². The Morgan fingerprint density at radius 2 is 2.00 bits per heavy atom. The zero-order chi connectivity index (χ0) is 14.7. The Bertz CT molecular complexity index is 454. The Morgan fingerprint density at radius 1 is 1.19 bits per heavy atom. The SMILES string of the molecule is CN(C)C1CCN(Cc2cccc(OC3CCCC3)c2)C1. The van der Waals surface area contributed by atoms with E-state index in [9.17, 15) is 0 Å². The molecule has 21 heavy (non-hydrogen) atoms. The van der Waals surface area contributed by atoms with Gasteiger partial charge in [0.25, 0.3) is 0 Å². The van der Waals surface area contributed by atoms with Gasteiger partial charge in [-0.15, -0.1) is 0 Å². The molecule has 1 saturated carbocycles. The second kappa shape index (κ2) is 6.80. The third-order valence-corrected chi connectivity index (χ3v) is 4.89. The predicted molar refractivity (Wildman–Crippen MR) is 86.7 cm³/mol. The average Bonchev–Trinajstić information content (AvgIpc) is 3.11. The molecule has 3 nitrogen and oxygen atoms in total. The third kappa shape index (κ3) is 3.98. The Labute approximate surface area is 128 Å². The van der Waals surface area contributed by atoms with Crippen molar-refractivity contribution in [2.45, 2.75) is 50.8 Å². The van der Waals surface area contributed by atoms with Crippen LogP contribution in [-0.4, -0.2) is 49.1 Å². The van der Waals surface area contributed by atoms with Crippen molar-refractivity contribution in [3.05, 3.63) is 29.8 Å². The van der Waals surface area contributed by atoms with E-state index in [1.807, 2.05) is 0 Å². The van der Waals surface area contributed by atoms with Gasteiger partial charge in [0.2, 0.25) is 0 Å². The first-order valence-electron chi connectivity index (χ1n) is 8.35. The number of hydrogen-bond acceptors (Lipinski definition) is 3. The van der Waals surface area contributed by atoms with Gasteiger partial charge in [-0.2, -0.15) is 0 Å². The molecule has 0 radical (unpaired) electrons. The highest BCUT2D eigenvalue weighted by molar-refractivity contribution is 5.28. The van der Waals surface area contributed by atoms with Crippen LogP contribution >= 0.6 is 0 Å². The Hall–Kier alpha value is -1.06. The molecule has 1 aromatic carbocycles. The van der Waals surface area contributed by atoms with Crippen molar-refractivity contribution in [1.82, 2.24) is 9.80 Å². The zero-order valence-electron chi connectivity index (χ0n) is 13.4. The molecule has 1 unspecified atom stereocenters. The van der Waals surface area contributed by atoms with Gasteiger partial charge in [0.15, 0.2) is 0 Å². The van der Waals surface area contributed by atoms with Gasteiger partial charge >= 0.3 is 0 Å². The molecule has 3 heteroatoms. The van der Waals surface area contributed by atoms with Crippen LogP contribution in [0.25, 0.3) is 0 Å². The fourth-order valence-corrected chi connectivity index (χ4v) is 3.55. The van der Waals surface area contributed by atoms with Gasteiger partial charge in [-0.05, 0) is 63.9 Å². The largest absolute Gasteiger partial charge is 0.490 e. The molecule has 0 bridgehead atoms. The van der Waals surface area contributed by atoms with E-state index in [0.29, 0.717) is 12.1 Å². The van der Waals surface area contributed by atoms with Crippen LogP contribution in [0.4, 0.5) is 0 Å². The van der Waals surface area contributed by atoms with E-state index in [0.717, 1.165) is 12.3 Å². The number of benzene rings is 1. The molecule has 1 atom stereocenters. The number of likely N-dealkylation sites (N-methyl/N-ethyl adjacent to an activating group) is 1. The summed E-state index contributed by atoms with van der Waals surface area (Å²) in [6, 6.07) is 9.42. The van der Waals surface area contributed by atoms with Crippen LogP contribution in [0.5, 0.6) is 5.75 Å². The van der Waals surface area contributed by atoms with Crippen molar-refractivity contribution in [2.24, 2.45) is 0 Å². The fourth-order valence-electron chi connectivity index (χ4n) is 3.55. The minimum atomic E-state index is 0.449. The molecule has 1 aromatic rings. The van der Waals surface area contributed by atoms with Crippen LogP contribution in [0.1, 0.15) is 37.7 Å². The van der Waals surface area contributed by atoms with Gasteiger partial charge in [0, 0.05) is 25.7 Å². The number of ether oxygens (including phenoxy) is 1. The first kappa shape index (κ1) is 14.9. The van der Waals surface area contributed by atoms with Crippen LogP contribution in [-0.2, 0) is 6.54 Å². The summed E-state index contributed by atoms with van der Waals surface area (Å²) < 4.78 is 6.11. The fraction of sp³-hybridized carbons (Fsp3) is 0.667. The summed E-state index contributed by atoms with van der Waals surface area (Å²) in [5, 5.41) is 0. The van der Waals surface area contributed by atoms with Crippen LogP contribution in [0.3, 0.4) is 0 Å². The molecule has 3 rings (SSSR count). The summed E-state index contributed by atoms with van der Waals surface area (Å²) in [6.45, 7) is 3.43. The van der Waals surface area contributed by atoms with Crippen LogP contribution < -0.4 is 4.74 Å². The smallest absolute Gasteiger partial charge is 0.120 e. The lowest BCUT2D eigenvalue weighted by Gasteiger charge is -2.20. The first-order chi connectivity index (χ1) is 10.2. The van der Waals surface area contributed by atoms with Gasteiger partial charge < -0.3 is 9.64 Å². The van der Waals surface area contributed by atoms with Crippen molar-refractivity contribution < 1.29 is 4.74 Å². The molecule has 1 heterocycles. The molecular formula is C18H28N2O. The Kier molecular flexibility index (Phi) is 4.81. The molecule has 2 fully saturated rings. The molecule has 1 aliphatic heterocycles. The maximum absolute atomic E-state index is 6.11. The standard InChI is InChI=1S/C18H28N2O/c1-19(2)16-10-11-20(14-16)13-15-6-5-9-18(12-15)21-17-7-3-4-8-17/h5-6,9,12,16-17H,3-4,7-8,10-11,13-14H2,1-2H3. The quantitative estimate of drug-likeness (QED) is 0.828. The monoisotopic (exact) mass is 288 g/mol. The maximum Gasteiger partial charge on any atom is 0.120 e. The van der Waals surface area contributed by atoms with Gasteiger partial charge in [0.1, 0.15) is 5.75 Å². The Balaban J connectivity index is 1.56. The molecule has 0 aromatic heterocycles. The summed E-state index contributed by atoms with van der Waals surface area (Å²) in [4.78, 5) is 4.90. The molecule has 116 valence electrons. The third-order valence-electron chi connectivity index (χ3n) is 4.89.